The second kappa shape index (κ2) is 57.0. The fourth-order valence-corrected chi connectivity index (χ4v) is 9.77. The minimum atomic E-state index is -1.62. The van der Waals surface area contributed by atoms with Crippen molar-refractivity contribution in [3.8, 4) is 0 Å². The van der Waals surface area contributed by atoms with Crippen molar-refractivity contribution in [2.45, 2.75) is 320 Å². The maximum absolute atomic E-state index is 13.4. The third-order valence-corrected chi connectivity index (χ3v) is 15.0. The van der Waals surface area contributed by atoms with Crippen LogP contribution in [0.25, 0.3) is 0 Å². The maximum atomic E-state index is 13.4. The van der Waals surface area contributed by atoms with Gasteiger partial charge in [0.1, 0.15) is 24.4 Å². The molecular formula is C70H121NO10. The fourth-order valence-electron chi connectivity index (χ4n) is 9.77. The van der Waals surface area contributed by atoms with Crippen molar-refractivity contribution in [2.75, 3.05) is 13.2 Å². The first-order valence-electron chi connectivity index (χ1n) is 33.0. The molecule has 1 fully saturated rings. The highest BCUT2D eigenvalue weighted by atomic mass is 16.7. The standard InChI is InChI=1S/C70H121NO10/c1-4-7-10-13-16-19-22-24-26-28-30-31-32-33-34-36-38-40-43-46-49-52-55-58-65(75)81-68-67(77)66(76)64(59-72)80-70(68)79-60-61(62(73)56-53-50-47-44-41-21-18-15-12-9-6-3)71-69(78)63(74)57-54-51-48-45-42-39-37-35-29-27-25-23-20-17-14-11-8-5-2/h7,10,16-17,19-20,24-27,30-31,33-34,53,56,61-64,66-68,70,72-74,76-77H,4-6,8-9,11-15,18,21-23,28-29,32,35-52,54-55,57-60H2,1-3H3,(H,71,78)/b10-7-,19-16-,20-17-,26-24-,27-25-,31-30-,34-33-,56-53+. The Morgan fingerprint density at radius 1 is 0.494 bits per heavy atom. The maximum Gasteiger partial charge on any atom is 0.306 e. The van der Waals surface area contributed by atoms with Crippen molar-refractivity contribution in [1.82, 2.24) is 5.32 Å². The molecule has 0 aromatic carbocycles. The van der Waals surface area contributed by atoms with E-state index >= 15 is 0 Å². The zero-order valence-electron chi connectivity index (χ0n) is 51.6. The van der Waals surface area contributed by atoms with Crippen LogP contribution in [0.5, 0.6) is 0 Å². The van der Waals surface area contributed by atoms with Gasteiger partial charge in [0, 0.05) is 6.42 Å². The normalized spacial score (nSPS) is 19.3. The van der Waals surface area contributed by atoms with Crippen LogP contribution in [-0.4, -0.2) is 99.6 Å². The van der Waals surface area contributed by atoms with Crippen LogP contribution >= 0.6 is 0 Å². The summed E-state index contributed by atoms with van der Waals surface area (Å²) in [5.74, 6) is -1.21. The summed E-state index contributed by atoms with van der Waals surface area (Å²) in [4.78, 5) is 26.6. The number of aliphatic hydroxyl groups is 5. The number of allylic oxidation sites excluding steroid dienone is 15. The smallest absolute Gasteiger partial charge is 0.306 e. The van der Waals surface area contributed by atoms with E-state index in [1.165, 1.54) is 96.3 Å². The lowest BCUT2D eigenvalue weighted by Gasteiger charge is -2.41. The van der Waals surface area contributed by atoms with Crippen molar-refractivity contribution in [2.24, 2.45) is 0 Å². The number of unbranched alkanes of at least 4 members (excludes halogenated alkanes) is 27. The van der Waals surface area contributed by atoms with Gasteiger partial charge in [0.15, 0.2) is 12.4 Å². The van der Waals surface area contributed by atoms with E-state index in [1.54, 1.807) is 6.08 Å². The second-order valence-corrected chi connectivity index (χ2v) is 22.5. The molecule has 8 unspecified atom stereocenters. The molecule has 1 aliphatic rings. The van der Waals surface area contributed by atoms with E-state index in [1.807, 2.05) is 6.08 Å². The number of hydrogen-bond acceptors (Lipinski definition) is 10. The molecule has 466 valence electrons. The minimum absolute atomic E-state index is 0.106. The van der Waals surface area contributed by atoms with Crippen molar-refractivity contribution in [3.05, 3.63) is 97.2 Å². The Hall–Kier alpha value is -3.42. The van der Waals surface area contributed by atoms with Crippen molar-refractivity contribution < 1.29 is 49.3 Å². The molecule has 8 atom stereocenters. The van der Waals surface area contributed by atoms with E-state index in [0.717, 1.165) is 128 Å². The molecule has 81 heavy (non-hydrogen) atoms. The van der Waals surface area contributed by atoms with Crippen molar-refractivity contribution in [1.29, 1.82) is 0 Å². The number of carbonyl (C=O) groups excluding carboxylic acids is 2. The van der Waals surface area contributed by atoms with Gasteiger partial charge in [0.25, 0.3) is 0 Å². The van der Waals surface area contributed by atoms with E-state index in [2.05, 4.69) is 111 Å². The Labute approximate surface area is 495 Å². The first-order valence-corrected chi connectivity index (χ1v) is 33.0. The fraction of sp³-hybridized carbons (Fsp3) is 0.743. The lowest BCUT2D eigenvalue weighted by Crippen LogP contribution is -2.61. The molecule has 1 heterocycles. The Bertz CT molecular complexity index is 1690. The van der Waals surface area contributed by atoms with Crippen molar-refractivity contribution in [3.63, 3.8) is 0 Å². The van der Waals surface area contributed by atoms with Crippen LogP contribution in [0.1, 0.15) is 271 Å². The Morgan fingerprint density at radius 3 is 1.36 bits per heavy atom. The quantitative estimate of drug-likeness (QED) is 0.0195. The Kier molecular flexibility index (Phi) is 53.2. The molecule has 1 amide bonds. The second-order valence-electron chi connectivity index (χ2n) is 22.5. The molecule has 11 nitrogen and oxygen atoms in total. The summed E-state index contributed by atoms with van der Waals surface area (Å²) in [6.45, 7) is 5.64. The summed E-state index contributed by atoms with van der Waals surface area (Å²) >= 11 is 0. The number of rotatable bonds is 55. The summed E-state index contributed by atoms with van der Waals surface area (Å²) < 4.78 is 17.6. The predicted molar refractivity (Wildman–Crippen MR) is 338 cm³/mol. The number of aliphatic hydroxyl groups excluding tert-OH is 5. The molecule has 0 aliphatic carbocycles. The van der Waals surface area contributed by atoms with Gasteiger partial charge in [-0.3, -0.25) is 9.59 Å². The molecule has 0 radical (unpaired) electrons. The molecule has 6 N–H and O–H groups in total. The number of amides is 1. The average molecular weight is 1140 g/mol. The molecule has 1 saturated heterocycles. The third-order valence-electron chi connectivity index (χ3n) is 15.0. The van der Waals surface area contributed by atoms with Gasteiger partial charge in [0.05, 0.1) is 25.4 Å². The molecule has 0 bridgehead atoms. The van der Waals surface area contributed by atoms with Gasteiger partial charge in [-0.25, -0.2) is 0 Å². The molecular weight excluding hydrogens is 1010 g/mol. The molecule has 0 aromatic heterocycles. The first-order chi connectivity index (χ1) is 39.7. The van der Waals surface area contributed by atoms with Gasteiger partial charge < -0.3 is 45.1 Å². The number of carbonyl (C=O) groups is 2. The molecule has 1 rings (SSSR count). The number of esters is 1. The third kappa shape index (κ3) is 44.7. The highest BCUT2D eigenvalue weighted by Gasteiger charge is 2.47. The SMILES string of the molecule is CC/C=C\C/C=C\C/C=C\C/C=C\C/C=C\CCCCCCCCCC(=O)OC1C(OCC(NC(=O)C(O)CCCCCCCCCC/C=C\C/C=C\CCCCC)C(O)/C=C/CCCCCCCCCCC)OC(CO)C(O)C1O. The predicted octanol–water partition coefficient (Wildman–Crippen LogP) is 16.3. The van der Waals surface area contributed by atoms with Crippen molar-refractivity contribution >= 4 is 11.9 Å². The van der Waals surface area contributed by atoms with Crippen LogP contribution in [0.2, 0.25) is 0 Å². The average Bonchev–Trinajstić information content (AvgIpc) is 3.50. The van der Waals surface area contributed by atoms with Gasteiger partial charge in [-0.1, -0.05) is 259 Å². The van der Waals surface area contributed by atoms with E-state index in [-0.39, 0.29) is 19.4 Å². The van der Waals surface area contributed by atoms with Crippen LogP contribution in [0.4, 0.5) is 0 Å². The first kappa shape index (κ1) is 75.6. The van der Waals surface area contributed by atoms with Crippen LogP contribution < -0.4 is 5.32 Å². The lowest BCUT2D eigenvalue weighted by atomic mass is 9.99. The number of nitrogens with one attached hydrogen (secondary N) is 1. The molecule has 0 spiro atoms. The molecule has 0 aromatic rings. The van der Waals surface area contributed by atoms with Crippen LogP contribution in [-0.2, 0) is 23.8 Å². The van der Waals surface area contributed by atoms with E-state index in [0.29, 0.717) is 12.8 Å². The summed E-state index contributed by atoms with van der Waals surface area (Å²) in [5, 5.41) is 57.1. The topological polar surface area (TPSA) is 175 Å². The largest absolute Gasteiger partial charge is 0.454 e. The van der Waals surface area contributed by atoms with Crippen LogP contribution in [0.3, 0.4) is 0 Å². The van der Waals surface area contributed by atoms with Crippen LogP contribution in [0, 0.1) is 0 Å². The van der Waals surface area contributed by atoms with Gasteiger partial charge in [-0.05, 0) is 103 Å². The monoisotopic (exact) mass is 1140 g/mol. The number of ether oxygens (including phenoxy) is 3. The summed E-state index contributed by atoms with van der Waals surface area (Å²) in [6, 6.07) is -1.03. The highest BCUT2D eigenvalue weighted by molar-refractivity contribution is 5.80. The molecule has 11 heteroatoms. The van der Waals surface area contributed by atoms with E-state index in [4.69, 9.17) is 14.2 Å². The van der Waals surface area contributed by atoms with Gasteiger partial charge in [-0.15, -0.1) is 0 Å². The van der Waals surface area contributed by atoms with E-state index in [9.17, 15) is 35.1 Å². The van der Waals surface area contributed by atoms with Gasteiger partial charge in [0.2, 0.25) is 5.91 Å². The van der Waals surface area contributed by atoms with Crippen LogP contribution in [0.15, 0.2) is 97.2 Å². The summed E-state index contributed by atoms with van der Waals surface area (Å²) in [6.07, 6.45) is 65.8. The Morgan fingerprint density at radius 2 is 0.889 bits per heavy atom. The summed E-state index contributed by atoms with van der Waals surface area (Å²) in [5.41, 5.74) is 0. The van der Waals surface area contributed by atoms with Gasteiger partial charge in [-0.2, -0.15) is 0 Å². The van der Waals surface area contributed by atoms with E-state index < -0.39 is 67.4 Å². The zero-order valence-corrected chi connectivity index (χ0v) is 51.6. The molecule has 1 aliphatic heterocycles. The lowest BCUT2D eigenvalue weighted by molar-refractivity contribution is -0.305. The van der Waals surface area contributed by atoms with Gasteiger partial charge >= 0.3 is 5.97 Å². The summed E-state index contributed by atoms with van der Waals surface area (Å²) in [7, 11) is 0. The number of hydrogen-bond donors (Lipinski definition) is 6. The highest BCUT2D eigenvalue weighted by Crippen LogP contribution is 2.26. The minimum Gasteiger partial charge on any atom is -0.454 e. The molecule has 0 saturated carbocycles. The Balaban J connectivity index is 2.62. The zero-order chi connectivity index (χ0) is 58.9.